The van der Waals surface area contributed by atoms with Gasteiger partial charge in [-0.3, -0.25) is 5.32 Å². The number of nitrogens with one attached hydrogen (secondary N) is 1. The number of hydrogen-bond donors (Lipinski definition) is 2. The second-order valence-electron chi connectivity index (χ2n) is 3.58. The molecule has 16 heavy (non-hydrogen) atoms. The van der Waals surface area contributed by atoms with Gasteiger partial charge in [0, 0.05) is 6.04 Å². The standard InChI is InChI=1S/C11H14F3NO/c1-8(9-5-3-2-4-6-9)15-10(7-16)11(12,13)14/h2-6,8,10,15-16H,7H2,1H3/t8-,10?/m1/s1. The molecule has 0 aliphatic heterocycles. The van der Waals surface area contributed by atoms with Crippen LogP contribution in [0.25, 0.3) is 0 Å². The predicted molar refractivity (Wildman–Crippen MR) is 54.9 cm³/mol. The third-order valence-electron chi connectivity index (χ3n) is 2.33. The van der Waals surface area contributed by atoms with E-state index in [1.807, 2.05) is 0 Å². The second kappa shape index (κ2) is 5.32. The zero-order valence-corrected chi connectivity index (χ0v) is 8.83. The van der Waals surface area contributed by atoms with E-state index in [2.05, 4.69) is 5.32 Å². The first-order valence-corrected chi connectivity index (χ1v) is 4.93. The summed E-state index contributed by atoms with van der Waals surface area (Å²) in [6.07, 6.45) is -4.43. The van der Waals surface area contributed by atoms with E-state index in [-0.39, 0.29) is 0 Å². The van der Waals surface area contributed by atoms with Crippen molar-refractivity contribution in [1.29, 1.82) is 0 Å². The first kappa shape index (κ1) is 13.0. The van der Waals surface area contributed by atoms with Crippen LogP contribution in [0.4, 0.5) is 13.2 Å². The van der Waals surface area contributed by atoms with Crippen molar-refractivity contribution in [2.75, 3.05) is 6.61 Å². The number of rotatable bonds is 4. The second-order valence-corrected chi connectivity index (χ2v) is 3.58. The zero-order chi connectivity index (χ0) is 12.2. The van der Waals surface area contributed by atoms with Crippen molar-refractivity contribution in [2.24, 2.45) is 0 Å². The Balaban J connectivity index is 2.67. The van der Waals surface area contributed by atoms with Crippen molar-refractivity contribution < 1.29 is 18.3 Å². The molecule has 0 aliphatic carbocycles. The van der Waals surface area contributed by atoms with Crippen LogP contribution >= 0.6 is 0 Å². The summed E-state index contributed by atoms with van der Waals surface area (Å²) in [4.78, 5) is 0. The molecule has 1 rings (SSSR count). The fraction of sp³-hybridized carbons (Fsp3) is 0.455. The highest BCUT2D eigenvalue weighted by Gasteiger charge is 2.39. The highest BCUT2D eigenvalue weighted by Crippen LogP contribution is 2.22. The molecule has 0 heterocycles. The largest absolute Gasteiger partial charge is 0.406 e. The van der Waals surface area contributed by atoms with Crippen LogP contribution < -0.4 is 5.32 Å². The van der Waals surface area contributed by atoms with E-state index < -0.39 is 24.9 Å². The van der Waals surface area contributed by atoms with Gasteiger partial charge < -0.3 is 5.11 Å². The van der Waals surface area contributed by atoms with Crippen molar-refractivity contribution in [3.8, 4) is 0 Å². The summed E-state index contributed by atoms with van der Waals surface area (Å²) in [7, 11) is 0. The van der Waals surface area contributed by atoms with Crippen LogP contribution in [-0.2, 0) is 0 Å². The molecule has 1 aromatic rings. The van der Waals surface area contributed by atoms with Crippen molar-refractivity contribution in [2.45, 2.75) is 25.2 Å². The molecule has 0 aliphatic rings. The van der Waals surface area contributed by atoms with Crippen LogP contribution in [0.5, 0.6) is 0 Å². The minimum atomic E-state index is -4.43. The Morgan fingerprint density at radius 1 is 1.25 bits per heavy atom. The Morgan fingerprint density at radius 3 is 2.25 bits per heavy atom. The normalized spacial score (nSPS) is 15.8. The maximum absolute atomic E-state index is 12.4. The van der Waals surface area contributed by atoms with Gasteiger partial charge in [-0.2, -0.15) is 13.2 Å². The maximum atomic E-state index is 12.4. The van der Waals surface area contributed by atoms with Gasteiger partial charge in [0.05, 0.1) is 6.61 Å². The molecule has 0 amide bonds. The Hall–Kier alpha value is -1.07. The van der Waals surface area contributed by atoms with E-state index in [0.29, 0.717) is 0 Å². The first-order chi connectivity index (χ1) is 7.45. The molecule has 0 aromatic heterocycles. The molecule has 2 atom stereocenters. The lowest BCUT2D eigenvalue weighted by Gasteiger charge is -2.24. The number of halogens is 3. The van der Waals surface area contributed by atoms with Gasteiger partial charge >= 0.3 is 6.18 Å². The third kappa shape index (κ3) is 3.50. The average molecular weight is 233 g/mol. The number of aliphatic hydroxyl groups is 1. The maximum Gasteiger partial charge on any atom is 0.406 e. The van der Waals surface area contributed by atoms with Gasteiger partial charge in [-0.05, 0) is 12.5 Å². The minimum Gasteiger partial charge on any atom is -0.394 e. The van der Waals surface area contributed by atoms with E-state index in [4.69, 9.17) is 5.11 Å². The third-order valence-corrected chi connectivity index (χ3v) is 2.33. The van der Waals surface area contributed by atoms with E-state index in [0.717, 1.165) is 5.56 Å². The molecule has 5 heteroatoms. The van der Waals surface area contributed by atoms with E-state index in [1.54, 1.807) is 37.3 Å². The fourth-order valence-electron chi connectivity index (χ4n) is 1.39. The monoisotopic (exact) mass is 233 g/mol. The Kier molecular flexibility index (Phi) is 4.32. The van der Waals surface area contributed by atoms with Crippen molar-refractivity contribution >= 4 is 0 Å². The van der Waals surface area contributed by atoms with Crippen LogP contribution in [0.2, 0.25) is 0 Å². The van der Waals surface area contributed by atoms with Gasteiger partial charge in [0.2, 0.25) is 0 Å². The molecule has 0 bridgehead atoms. The highest BCUT2D eigenvalue weighted by molar-refractivity contribution is 5.18. The molecule has 0 spiro atoms. The lowest BCUT2D eigenvalue weighted by molar-refractivity contribution is -0.165. The summed E-state index contributed by atoms with van der Waals surface area (Å²) in [5.41, 5.74) is 0.755. The van der Waals surface area contributed by atoms with E-state index in [1.165, 1.54) is 0 Å². The first-order valence-electron chi connectivity index (χ1n) is 4.93. The summed E-state index contributed by atoms with van der Waals surface area (Å²) in [6.45, 7) is 0.671. The number of alkyl halides is 3. The summed E-state index contributed by atoms with van der Waals surface area (Å²) in [6, 6.07) is 6.45. The van der Waals surface area contributed by atoms with E-state index >= 15 is 0 Å². The van der Waals surface area contributed by atoms with Crippen molar-refractivity contribution in [3.63, 3.8) is 0 Å². The molecule has 0 radical (unpaired) electrons. The predicted octanol–water partition coefficient (Wildman–Crippen LogP) is 2.26. The SMILES string of the molecule is C[C@@H](NC(CO)C(F)(F)F)c1ccccc1. The number of aliphatic hydroxyl groups excluding tert-OH is 1. The summed E-state index contributed by atoms with van der Waals surface area (Å²) in [5, 5.41) is 11.0. The van der Waals surface area contributed by atoms with Gasteiger partial charge in [0.25, 0.3) is 0 Å². The molecule has 90 valence electrons. The quantitative estimate of drug-likeness (QED) is 0.836. The van der Waals surface area contributed by atoms with Crippen LogP contribution in [0.1, 0.15) is 18.5 Å². The Morgan fingerprint density at radius 2 is 1.81 bits per heavy atom. The molecule has 0 fully saturated rings. The molecule has 0 saturated carbocycles. The van der Waals surface area contributed by atoms with Gasteiger partial charge in [0.1, 0.15) is 6.04 Å². The highest BCUT2D eigenvalue weighted by atomic mass is 19.4. The molecule has 1 aromatic carbocycles. The number of hydrogen-bond acceptors (Lipinski definition) is 2. The number of benzene rings is 1. The van der Waals surface area contributed by atoms with Gasteiger partial charge in [-0.25, -0.2) is 0 Å². The average Bonchev–Trinajstić information content (AvgIpc) is 2.25. The lowest BCUT2D eigenvalue weighted by atomic mass is 10.1. The summed E-state index contributed by atoms with van der Waals surface area (Å²) >= 11 is 0. The molecular weight excluding hydrogens is 219 g/mol. The van der Waals surface area contributed by atoms with Gasteiger partial charge in [0.15, 0.2) is 0 Å². The van der Waals surface area contributed by atoms with E-state index in [9.17, 15) is 13.2 Å². The van der Waals surface area contributed by atoms with Crippen molar-refractivity contribution in [3.05, 3.63) is 35.9 Å². The molecule has 2 nitrogen and oxygen atoms in total. The minimum absolute atomic E-state index is 0.458. The Bertz CT molecular complexity index is 313. The zero-order valence-electron chi connectivity index (χ0n) is 8.83. The molecule has 1 unspecified atom stereocenters. The van der Waals surface area contributed by atoms with Gasteiger partial charge in [-0.1, -0.05) is 30.3 Å². The molecular formula is C11H14F3NO. The van der Waals surface area contributed by atoms with Crippen LogP contribution in [0.3, 0.4) is 0 Å². The smallest absolute Gasteiger partial charge is 0.394 e. The summed E-state index contributed by atoms with van der Waals surface area (Å²) in [5.74, 6) is 0. The summed E-state index contributed by atoms with van der Waals surface area (Å²) < 4.78 is 37.1. The Labute approximate surface area is 92.1 Å². The van der Waals surface area contributed by atoms with Gasteiger partial charge in [-0.15, -0.1) is 0 Å². The van der Waals surface area contributed by atoms with Crippen LogP contribution in [0, 0.1) is 0 Å². The van der Waals surface area contributed by atoms with Crippen LogP contribution in [0.15, 0.2) is 30.3 Å². The topological polar surface area (TPSA) is 32.3 Å². The molecule has 2 N–H and O–H groups in total. The van der Waals surface area contributed by atoms with Crippen LogP contribution in [-0.4, -0.2) is 23.9 Å². The fourth-order valence-corrected chi connectivity index (χ4v) is 1.39. The van der Waals surface area contributed by atoms with Crippen molar-refractivity contribution in [1.82, 2.24) is 5.32 Å². The molecule has 0 saturated heterocycles. The lowest BCUT2D eigenvalue weighted by Crippen LogP contribution is -2.45.